The van der Waals surface area contributed by atoms with Crippen LogP contribution in [0.3, 0.4) is 0 Å². The van der Waals surface area contributed by atoms with E-state index >= 15 is 0 Å². The second-order valence-electron chi connectivity index (χ2n) is 1.63. The molecule has 0 aliphatic carbocycles. The van der Waals surface area contributed by atoms with Gasteiger partial charge in [-0.2, -0.15) is 12.6 Å². The molecule has 20 heteroatoms. The fraction of sp³-hybridized carbons (Fsp3) is 0. The van der Waals surface area contributed by atoms with Crippen molar-refractivity contribution < 1.29 is 82.5 Å². The molecule has 0 aromatic rings. The van der Waals surface area contributed by atoms with Crippen LogP contribution in [0.15, 0.2) is 0 Å². The van der Waals surface area contributed by atoms with Gasteiger partial charge in [-0.3, -0.25) is 18.2 Å². The summed E-state index contributed by atoms with van der Waals surface area (Å²) in [5.41, 5.74) is 0. The molecule has 0 rings (SSSR count). The van der Waals surface area contributed by atoms with Crippen molar-refractivity contribution in [1.82, 2.24) is 0 Å². The summed E-state index contributed by atoms with van der Waals surface area (Å²) in [6.45, 7) is 0. The monoisotopic (exact) mass is 428 g/mol. The molecule has 4 N–H and O–H groups in total. The Balaban J connectivity index is -0.000000108. The molecular formula is H4FeO15S4. The fourth-order valence-electron chi connectivity index (χ4n) is 0.0680. The van der Waals surface area contributed by atoms with E-state index in [9.17, 15) is 25.9 Å². The van der Waals surface area contributed by atoms with Crippen molar-refractivity contribution in [3.63, 3.8) is 0 Å². The predicted octanol–water partition coefficient (Wildman–Crippen LogP) is -3.12. The number of hydrogen-bond donors (Lipinski definition) is 4. The summed E-state index contributed by atoms with van der Waals surface area (Å²) in [4.78, 5) is 0. The van der Waals surface area contributed by atoms with Gasteiger partial charge in [0.2, 0.25) is 20.8 Å². The molecule has 0 amide bonds. The number of hydrogen-bond acceptors (Lipinski definition) is 11. The summed E-state index contributed by atoms with van der Waals surface area (Å²) in [6.07, 6.45) is 0. The maximum Gasteiger partial charge on any atom is 2.00 e. The van der Waals surface area contributed by atoms with Gasteiger partial charge in [0.15, 0.2) is 0 Å². The van der Waals surface area contributed by atoms with E-state index in [0.717, 1.165) is 0 Å². The minimum Gasteiger partial charge on any atom is -0.724 e. The van der Waals surface area contributed by atoms with Crippen LogP contribution in [0, 0.1) is 0 Å². The van der Waals surface area contributed by atoms with E-state index in [0.29, 0.717) is 0 Å². The molecule has 0 radical (unpaired) electrons. The predicted molar refractivity (Wildman–Crippen MR) is 49.1 cm³/mol. The molecule has 0 unspecified atom stereocenters. The summed E-state index contributed by atoms with van der Waals surface area (Å²) < 4.78 is 116. The third-order valence-electron chi connectivity index (χ3n) is 0.194. The van der Waals surface area contributed by atoms with Gasteiger partial charge < -0.3 is 9.11 Å². The third-order valence-corrected chi connectivity index (χ3v) is 0.750. The second kappa shape index (κ2) is 11.8. The Morgan fingerprint density at radius 1 is 0.800 bits per heavy atom. The normalized spacial score (nSPS) is 11.3. The average Bonchev–Trinajstić information content (AvgIpc) is 1.93. The van der Waals surface area contributed by atoms with Crippen molar-refractivity contribution in [2.45, 2.75) is 0 Å². The summed E-state index contributed by atoms with van der Waals surface area (Å²) in [5, 5.41) is 0. The van der Waals surface area contributed by atoms with E-state index < -0.39 is 42.6 Å². The van der Waals surface area contributed by atoms with Crippen molar-refractivity contribution in [3.05, 3.63) is 0 Å². The maximum absolute atomic E-state index is 9.37. The molecule has 0 saturated heterocycles. The molecule has 0 atom stereocenters. The Hall–Kier alpha value is 0.199. The topological polar surface area (TPSA) is 265 Å². The first-order chi connectivity index (χ1) is 7.94. The molecule has 15 nitrogen and oxygen atoms in total. The molecule has 126 valence electrons. The minimum absolute atomic E-state index is 0. The number of rotatable bonds is 3. The van der Waals surface area contributed by atoms with E-state index in [1.807, 2.05) is 0 Å². The SMILES string of the molecule is O=S(=O)(O)O.O=S(=O)([O-])OOS(=O)(=O)[O-].O=S(O)O.[Fe+2]. The maximum atomic E-state index is 9.37. The molecular weight excluding hydrogens is 424 g/mol. The van der Waals surface area contributed by atoms with Crippen LogP contribution < -0.4 is 0 Å². The van der Waals surface area contributed by atoms with Crippen molar-refractivity contribution in [1.29, 1.82) is 0 Å². The summed E-state index contributed by atoms with van der Waals surface area (Å²) in [7, 11) is -15.3. The molecule has 0 aliphatic rings. The van der Waals surface area contributed by atoms with Gasteiger partial charge in [-0.15, -0.1) is 8.67 Å². The van der Waals surface area contributed by atoms with Crippen LogP contribution in [0.1, 0.15) is 0 Å². The molecule has 0 bridgehead atoms. The molecule has 0 aliphatic heterocycles. The van der Waals surface area contributed by atoms with Crippen molar-refractivity contribution >= 4 is 42.6 Å². The Morgan fingerprint density at radius 2 is 0.900 bits per heavy atom. The minimum atomic E-state index is -5.31. The molecule has 20 heavy (non-hydrogen) atoms. The Kier molecular flexibility index (Phi) is 16.8. The average molecular weight is 428 g/mol. The van der Waals surface area contributed by atoms with Gasteiger partial charge in [-0.25, -0.2) is 16.8 Å². The molecule has 0 aromatic carbocycles. The first-order valence-electron chi connectivity index (χ1n) is 2.73. The molecule has 0 spiro atoms. The summed E-state index contributed by atoms with van der Waals surface area (Å²) in [5.74, 6) is 0. The molecule has 0 aromatic heterocycles. The van der Waals surface area contributed by atoms with Crippen molar-refractivity contribution in [2.24, 2.45) is 0 Å². The van der Waals surface area contributed by atoms with Crippen LogP contribution in [0.25, 0.3) is 0 Å². The summed E-state index contributed by atoms with van der Waals surface area (Å²) >= 11 is -2.61. The van der Waals surface area contributed by atoms with Crippen molar-refractivity contribution in [3.8, 4) is 0 Å². The van der Waals surface area contributed by atoms with E-state index in [1.165, 1.54) is 0 Å². The zero-order valence-electron chi connectivity index (χ0n) is 8.27. The second-order valence-corrected chi connectivity index (χ2v) is 4.89. The van der Waals surface area contributed by atoms with Crippen LogP contribution in [-0.2, 0) is 68.3 Å². The molecule has 0 heterocycles. The first-order valence-corrected chi connectivity index (χ1v) is 7.86. The van der Waals surface area contributed by atoms with Crippen LogP contribution in [0.4, 0.5) is 0 Å². The van der Waals surface area contributed by atoms with Gasteiger partial charge in [-0.1, -0.05) is 0 Å². The van der Waals surface area contributed by atoms with E-state index in [1.54, 1.807) is 0 Å². The quantitative estimate of drug-likeness (QED) is 0.0864. The zero-order chi connectivity index (χ0) is 16.5. The van der Waals surface area contributed by atoms with E-state index in [4.69, 9.17) is 30.8 Å². The van der Waals surface area contributed by atoms with Gasteiger partial charge in [0.05, 0.1) is 0 Å². The van der Waals surface area contributed by atoms with Crippen molar-refractivity contribution in [2.75, 3.05) is 0 Å². The van der Waals surface area contributed by atoms with Crippen LogP contribution in [0.5, 0.6) is 0 Å². The summed E-state index contributed by atoms with van der Waals surface area (Å²) in [6, 6.07) is 0. The largest absolute Gasteiger partial charge is 2.00 e. The Labute approximate surface area is 125 Å². The van der Waals surface area contributed by atoms with Gasteiger partial charge in [0.1, 0.15) is 0 Å². The smallest absolute Gasteiger partial charge is 0.724 e. The fourth-order valence-corrected chi connectivity index (χ4v) is 0.612. The van der Waals surface area contributed by atoms with Gasteiger partial charge in [-0.05, 0) is 0 Å². The third kappa shape index (κ3) is 104. The van der Waals surface area contributed by atoms with Crippen LogP contribution in [-0.4, -0.2) is 56.8 Å². The van der Waals surface area contributed by atoms with Crippen LogP contribution in [0.2, 0.25) is 0 Å². The first kappa shape index (κ1) is 28.4. The Bertz CT molecular complexity index is 501. The zero-order valence-corrected chi connectivity index (χ0v) is 12.6. The van der Waals surface area contributed by atoms with Gasteiger partial charge in [0, 0.05) is 0 Å². The Morgan fingerprint density at radius 3 is 0.950 bits per heavy atom. The standard InChI is InChI=1S/Fe.H2O8S2.H2O4S.H2O3S/c;1-9(2,3)7-8-10(4,5)6;1-5(2,3)4;1-4(2)3/h;(H,1,2,3)(H,4,5,6);(H2,1,2,3,4);(H2,1,2,3)/q+2;;;/p-2. The van der Waals surface area contributed by atoms with E-state index in [-0.39, 0.29) is 17.1 Å². The van der Waals surface area contributed by atoms with Crippen LogP contribution >= 0.6 is 0 Å². The van der Waals surface area contributed by atoms with Gasteiger partial charge in [0.25, 0.3) is 11.4 Å². The molecule has 0 saturated carbocycles. The van der Waals surface area contributed by atoms with Gasteiger partial charge >= 0.3 is 27.5 Å². The van der Waals surface area contributed by atoms with E-state index in [2.05, 4.69) is 8.67 Å². The molecule has 0 fully saturated rings.